The van der Waals surface area contributed by atoms with Crippen molar-refractivity contribution in [1.82, 2.24) is 5.32 Å². The van der Waals surface area contributed by atoms with Crippen molar-refractivity contribution in [2.24, 2.45) is 5.92 Å². The molecule has 2 N–H and O–H groups in total. The van der Waals surface area contributed by atoms with Gasteiger partial charge >= 0.3 is 0 Å². The highest BCUT2D eigenvalue weighted by atomic mass is 19.2. The van der Waals surface area contributed by atoms with Gasteiger partial charge in [-0.3, -0.25) is 4.79 Å². The Morgan fingerprint density at radius 2 is 1.89 bits per heavy atom. The van der Waals surface area contributed by atoms with Gasteiger partial charge in [0.15, 0.2) is 11.6 Å². The number of amides is 1. The summed E-state index contributed by atoms with van der Waals surface area (Å²) in [4.78, 5) is 12.5. The lowest BCUT2D eigenvalue weighted by Crippen LogP contribution is -2.42. The number of rotatable bonds is 4. The number of hydrogen-bond acceptors (Lipinski definition) is 3. The first kappa shape index (κ1) is 17.9. The molecule has 1 unspecified atom stereocenters. The van der Waals surface area contributed by atoms with Crippen molar-refractivity contribution in [2.45, 2.75) is 31.4 Å². The maximum Gasteiger partial charge on any atom is 0.257 e. The minimum atomic E-state index is -1.51. The number of halogens is 3. The number of benzene rings is 2. The Bertz CT molecular complexity index is 896. The van der Waals surface area contributed by atoms with Gasteiger partial charge in [0, 0.05) is 6.42 Å². The number of aliphatic hydroxyl groups excluding tert-OH is 1. The molecule has 0 aromatic heterocycles. The highest BCUT2D eigenvalue weighted by molar-refractivity contribution is 5.95. The molecule has 1 heterocycles. The van der Waals surface area contributed by atoms with E-state index >= 15 is 0 Å². The van der Waals surface area contributed by atoms with E-state index in [0.717, 1.165) is 29.4 Å². The second kappa shape index (κ2) is 6.88. The van der Waals surface area contributed by atoms with Crippen molar-refractivity contribution >= 4 is 5.91 Å². The summed E-state index contributed by atoms with van der Waals surface area (Å²) in [5, 5.41) is 12.3. The molecule has 0 spiro atoms. The van der Waals surface area contributed by atoms with E-state index < -0.39 is 41.1 Å². The summed E-state index contributed by atoms with van der Waals surface area (Å²) in [5.74, 6) is -4.24. The lowest BCUT2D eigenvalue weighted by molar-refractivity contribution is 0.0234. The zero-order chi connectivity index (χ0) is 19.1. The molecule has 7 heteroatoms. The van der Waals surface area contributed by atoms with E-state index in [1.807, 2.05) is 6.07 Å². The number of ether oxygens (including phenoxy) is 1. The lowest BCUT2D eigenvalue weighted by atomic mass is 9.74. The number of carbonyl (C=O) groups is 1. The van der Waals surface area contributed by atoms with Gasteiger partial charge in [-0.2, -0.15) is 0 Å². The number of carbonyl (C=O) groups excluding carboxylic acids is 1. The highest BCUT2D eigenvalue weighted by Crippen LogP contribution is 2.40. The summed E-state index contributed by atoms with van der Waals surface area (Å²) in [7, 11) is 0. The normalized spacial score (nSPS) is 21.8. The van der Waals surface area contributed by atoms with Gasteiger partial charge in [-0.15, -0.1) is 0 Å². The SMILES string of the molecule is O=C(NC(c1ccc2c(c1)CCO2)C1CC(O)C1)c1c(F)ccc(F)c1F. The summed E-state index contributed by atoms with van der Waals surface area (Å²) in [5.41, 5.74) is 0.820. The molecule has 0 bridgehead atoms. The van der Waals surface area contributed by atoms with Crippen LogP contribution >= 0.6 is 0 Å². The van der Waals surface area contributed by atoms with E-state index in [2.05, 4.69) is 5.32 Å². The molecule has 2 aromatic carbocycles. The molecule has 1 atom stereocenters. The molecule has 1 aliphatic heterocycles. The third-order valence-electron chi connectivity index (χ3n) is 5.25. The Hall–Kier alpha value is -2.54. The largest absolute Gasteiger partial charge is 0.493 e. The summed E-state index contributed by atoms with van der Waals surface area (Å²) in [6, 6.07) is 6.31. The van der Waals surface area contributed by atoms with Gasteiger partial charge in [0.2, 0.25) is 0 Å². The topological polar surface area (TPSA) is 58.6 Å². The van der Waals surface area contributed by atoms with Crippen LogP contribution in [0.4, 0.5) is 13.2 Å². The lowest BCUT2D eigenvalue weighted by Gasteiger charge is -2.38. The molecule has 4 nitrogen and oxygen atoms in total. The molecular weight excluding hydrogens is 359 g/mol. The summed E-state index contributed by atoms with van der Waals surface area (Å²) < 4.78 is 46.8. The van der Waals surface area contributed by atoms with Crippen LogP contribution in [-0.2, 0) is 6.42 Å². The van der Waals surface area contributed by atoms with Gasteiger partial charge in [-0.05, 0) is 54.2 Å². The van der Waals surface area contributed by atoms with Crippen molar-refractivity contribution in [3.63, 3.8) is 0 Å². The maximum absolute atomic E-state index is 14.0. The first-order chi connectivity index (χ1) is 12.9. The average Bonchev–Trinajstić information content (AvgIpc) is 3.08. The molecule has 1 saturated carbocycles. The van der Waals surface area contributed by atoms with E-state index in [1.54, 1.807) is 12.1 Å². The fourth-order valence-corrected chi connectivity index (χ4v) is 3.72. The standard InChI is InChI=1S/C20H18F3NO3/c21-14-2-3-15(22)18(23)17(14)20(26)24-19(12-8-13(25)9-12)11-1-4-16-10(7-11)5-6-27-16/h1-4,7,12-13,19,25H,5-6,8-9H2,(H,24,26). The predicted octanol–water partition coefficient (Wildman–Crippen LogP) is 3.28. The van der Waals surface area contributed by atoms with Gasteiger partial charge in [0.05, 0.1) is 18.8 Å². The van der Waals surface area contributed by atoms with Crippen molar-refractivity contribution in [3.05, 3.63) is 64.5 Å². The second-order valence-corrected chi connectivity index (χ2v) is 7.02. The molecule has 142 valence electrons. The van der Waals surface area contributed by atoms with Crippen LogP contribution in [0, 0.1) is 23.4 Å². The Labute approximate surface area is 154 Å². The first-order valence-electron chi connectivity index (χ1n) is 8.82. The van der Waals surface area contributed by atoms with E-state index in [-0.39, 0.29) is 5.92 Å². The third-order valence-corrected chi connectivity index (χ3v) is 5.25. The van der Waals surface area contributed by atoms with E-state index in [1.165, 1.54) is 0 Å². The Morgan fingerprint density at radius 3 is 2.63 bits per heavy atom. The zero-order valence-corrected chi connectivity index (χ0v) is 14.3. The average molecular weight is 377 g/mol. The van der Waals surface area contributed by atoms with Gasteiger partial charge < -0.3 is 15.2 Å². The molecule has 1 aliphatic carbocycles. The summed E-state index contributed by atoms with van der Waals surface area (Å²) in [6.07, 6.45) is 1.21. The molecule has 1 amide bonds. The molecule has 0 saturated heterocycles. The molecule has 2 aromatic rings. The number of nitrogens with one attached hydrogen (secondary N) is 1. The summed E-state index contributed by atoms with van der Waals surface area (Å²) in [6.45, 7) is 0.581. The van der Waals surface area contributed by atoms with Crippen molar-refractivity contribution < 1.29 is 27.8 Å². The molecule has 1 fully saturated rings. The van der Waals surface area contributed by atoms with Crippen molar-refractivity contribution in [3.8, 4) is 5.75 Å². The number of hydrogen-bond donors (Lipinski definition) is 2. The first-order valence-corrected chi connectivity index (χ1v) is 8.82. The Morgan fingerprint density at radius 1 is 1.15 bits per heavy atom. The molecule has 4 rings (SSSR count). The molecule has 0 radical (unpaired) electrons. The molecule has 2 aliphatic rings. The quantitative estimate of drug-likeness (QED) is 0.804. The fraction of sp³-hybridized carbons (Fsp3) is 0.350. The van der Waals surface area contributed by atoms with Gasteiger partial charge in [-0.25, -0.2) is 13.2 Å². The van der Waals surface area contributed by atoms with Crippen LogP contribution in [0.15, 0.2) is 30.3 Å². The van der Waals surface area contributed by atoms with Crippen LogP contribution in [0.3, 0.4) is 0 Å². The van der Waals surface area contributed by atoms with Crippen molar-refractivity contribution in [1.29, 1.82) is 0 Å². The fourth-order valence-electron chi connectivity index (χ4n) is 3.72. The molecular formula is C20H18F3NO3. The van der Waals surface area contributed by atoms with Gasteiger partial charge in [0.25, 0.3) is 5.91 Å². The summed E-state index contributed by atoms with van der Waals surface area (Å²) >= 11 is 0. The monoisotopic (exact) mass is 377 g/mol. The van der Waals surface area contributed by atoms with Crippen LogP contribution in [0.5, 0.6) is 5.75 Å². The zero-order valence-electron chi connectivity index (χ0n) is 14.3. The maximum atomic E-state index is 14.0. The minimum absolute atomic E-state index is 0.0796. The predicted molar refractivity (Wildman–Crippen MR) is 90.9 cm³/mol. The Kier molecular flexibility index (Phi) is 4.55. The second-order valence-electron chi connectivity index (χ2n) is 7.02. The van der Waals surface area contributed by atoms with Crippen LogP contribution in [-0.4, -0.2) is 23.7 Å². The van der Waals surface area contributed by atoms with E-state index in [0.29, 0.717) is 25.5 Å². The number of aliphatic hydroxyl groups is 1. The minimum Gasteiger partial charge on any atom is -0.493 e. The van der Waals surface area contributed by atoms with Crippen LogP contribution in [0.25, 0.3) is 0 Å². The number of fused-ring (bicyclic) bond motifs is 1. The van der Waals surface area contributed by atoms with Crippen LogP contribution in [0.1, 0.15) is 40.4 Å². The third kappa shape index (κ3) is 3.27. The van der Waals surface area contributed by atoms with Crippen molar-refractivity contribution in [2.75, 3.05) is 6.61 Å². The van der Waals surface area contributed by atoms with E-state index in [9.17, 15) is 23.1 Å². The molecule has 27 heavy (non-hydrogen) atoms. The van der Waals surface area contributed by atoms with Gasteiger partial charge in [0.1, 0.15) is 17.1 Å². The van der Waals surface area contributed by atoms with E-state index in [4.69, 9.17) is 4.74 Å². The smallest absolute Gasteiger partial charge is 0.257 e. The highest BCUT2D eigenvalue weighted by Gasteiger charge is 2.37. The Balaban J connectivity index is 1.64. The van der Waals surface area contributed by atoms with Crippen LogP contribution in [0.2, 0.25) is 0 Å². The van der Waals surface area contributed by atoms with Gasteiger partial charge in [-0.1, -0.05) is 6.07 Å². The van der Waals surface area contributed by atoms with Crippen LogP contribution < -0.4 is 10.1 Å².